The Bertz CT molecular complexity index is 969. The van der Waals surface area contributed by atoms with Crippen molar-refractivity contribution >= 4 is 27.3 Å². The first-order valence-electron chi connectivity index (χ1n) is 8.43. The van der Waals surface area contributed by atoms with Crippen molar-refractivity contribution in [3.8, 4) is 5.75 Å². The van der Waals surface area contributed by atoms with E-state index in [1.807, 2.05) is 42.6 Å². The van der Waals surface area contributed by atoms with Crippen molar-refractivity contribution in [2.24, 2.45) is 0 Å². The van der Waals surface area contributed by atoms with E-state index in [0.29, 0.717) is 25.5 Å². The van der Waals surface area contributed by atoms with Crippen LogP contribution < -0.4 is 15.2 Å². The minimum Gasteiger partial charge on any atom is -0.482 e. The molecule has 0 saturated carbocycles. The Balaban J connectivity index is 1.67. The van der Waals surface area contributed by atoms with E-state index < -0.39 is 0 Å². The largest absolute Gasteiger partial charge is 0.482 e. The fraction of sp³-hybridized carbons (Fsp3) is 0.263. The number of fused-ring (bicyclic) bond motifs is 1. The molecule has 0 unspecified atom stereocenters. The van der Waals surface area contributed by atoms with Crippen LogP contribution in [0.2, 0.25) is 0 Å². The number of ether oxygens (including phenoxy) is 2. The molecule has 0 spiro atoms. The van der Waals surface area contributed by atoms with Crippen molar-refractivity contribution in [1.82, 2.24) is 9.38 Å². The molecule has 0 bridgehead atoms. The lowest BCUT2D eigenvalue weighted by Crippen LogP contribution is -2.36. The van der Waals surface area contributed by atoms with Crippen molar-refractivity contribution < 1.29 is 9.47 Å². The molecule has 1 saturated heterocycles. The van der Waals surface area contributed by atoms with Crippen LogP contribution in [0.4, 0.5) is 5.69 Å². The van der Waals surface area contributed by atoms with E-state index in [-0.39, 0.29) is 11.3 Å². The zero-order valence-corrected chi connectivity index (χ0v) is 15.7. The van der Waals surface area contributed by atoms with E-state index in [4.69, 9.17) is 9.47 Å². The molecule has 2 aromatic heterocycles. The normalized spacial score (nSPS) is 14.6. The summed E-state index contributed by atoms with van der Waals surface area (Å²) in [7, 11) is 0. The summed E-state index contributed by atoms with van der Waals surface area (Å²) >= 11 is 3.53. The van der Waals surface area contributed by atoms with E-state index in [0.717, 1.165) is 28.8 Å². The van der Waals surface area contributed by atoms with Gasteiger partial charge < -0.3 is 14.4 Å². The zero-order chi connectivity index (χ0) is 17.9. The highest BCUT2D eigenvalue weighted by molar-refractivity contribution is 9.10. The summed E-state index contributed by atoms with van der Waals surface area (Å²) in [4.78, 5) is 19.5. The van der Waals surface area contributed by atoms with Gasteiger partial charge in [0.1, 0.15) is 6.61 Å². The van der Waals surface area contributed by atoms with E-state index in [1.54, 1.807) is 0 Å². The monoisotopic (exact) mass is 415 g/mol. The van der Waals surface area contributed by atoms with Gasteiger partial charge in [0.2, 0.25) is 5.75 Å². The standard InChI is InChI=1S/C19H18BrN3O3/c20-16-10-15(22-6-8-25-9-7-22)12-23-18(16)21-11-17(19(23)24)26-13-14-4-2-1-3-5-14/h1-5,10-12H,6-9,13H2. The highest BCUT2D eigenvalue weighted by Crippen LogP contribution is 2.24. The second-order valence-electron chi connectivity index (χ2n) is 6.04. The number of halogens is 1. The van der Waals surface area contributed by atoms with Gasteiger partial charge in [-0.05, 0) is 27.6 Å². The number of anilines is 1. The molecular formula is C19H18BrN3O3. The minimum atomic E-state index is -0.221. The molecule has 4 rings (SSSR count). The summed E-state index contributed by atoms with van der Waals surface area (Å²) in [5.41, 5.74) is 2.30. The highest BCUT2D eigenvalue weighted by Gasteiger charge is 2.15. The summed E-state index contributed by atoms with van der Waals surface area (Å²) in [6, 6.07) is 11.7. The third kappa shape index (κ3) is 3.45. The summed E-state index contributed by atoms with van der Waals surface area (Å²) < 4.78 is 13.4. The lowest BCUT2D eigenvalue weighted by Gasteiger charge is -2.29. The van der Waals surface area contributed by atoms with Gasteiger partial charge in [0.25, 0.3) is 5.56 Å². The Morgan fingerprint density at radius 2 is 1.96 bits per heavy atom. The first kappa shape index (κ1) is 17.1. The number of hydrogen-bond donors (Lipinski definition) is 0. The Labute approximate surface area is 159 Å². The van der Waals surface area contributed by atoms with E-state index in [9.17, 15) is 4.79 Å². The summed E-state index contributed by atoms with van der Waals surface area (Å²) in [6.07, 6.45) is 3.30. The maximum absolute atomic E-state index is 12.9. The summed E-state index contributed by atoms with van der Waals surface area (Å²) in [5.74, 6) is 0.234. The van der Waals surface area contributed by atoms with Gasteiger partial charge in [0, 0.05) is 19.3 Å². The number of aromatic nitrogens is 2. The van der Waals surface area contributed by atoms with Gasteiger partial charge in [-0.1, -0.05) is 30.3 Å². The number of rotatable bonds is 4. The number of nitrogens with zero attached hydrogens (tertiary/aromatic N) is 3. The maximum Gasteiger partial charge on any atom is 0.300 e. The summed E-state index contributed by atoms with van der Waals surface area (Å²) in [6.45, 7) is 3.29. The van der Waals surface area contributed by atoms with Crippen molar-refractivity contribution in [2.75, 3.05) is 31.2 Å². The van der Waals surface area contributed by atoms with Crippen LogP contribution in [0.1, 0.15) is 5.56 Å². The van der Waals surface area contributed by atoms with Gasteiger partial charge in [-0.3, -0.25) is 9.20 Å². The molecule has 0 radical (unpaired) electrons. The number of hydrogen-bond acceptors (Lipinski definition) is 5. The van der Waals surface area contributed by atoms with Gasteiger partial charge in [-0.25, -0.2) is 4.98 Å². The molecule has 6 nitrogen and oxygen atoms in total. The predicted octanol–water partition coefficient (Wildman–Crippen LogP) is 2.87. The molecule has 7 heteroatoms. The molecule has 1 aliphatic rings. The zero-order valence-electron chi connectivity index (χ0n) is 14.1. The lowest BCUT2D eigenvalue weighted by atomic mass is 10.2. The van der Waals surface area contributed by atoms with Crippen molar-refractivity contribution in [3.63, 3.8) is 0 Å². The number of morpholine rings is 1. The molecule has 1 fully saturated rings. The molecule has 0 atom stereocenters. The Hall–Kier alpha value is -2.38. The Morgan fingerprint density at radius 3 is 2.73 bits per heavy atom. The fourth-order valence-electron chi connectivity index (χ4n) is 2.94. The Kier molecular flexibility index (Phi) is 4.90. The van der Waals surface area contributed by atoms with Gasteiger partial charge >= 0.3 is 0 Å². The van der Waals surface area contributed by atoms with Crippen molar-refractivity contribution in [3.05, 3.63) is 69.2 Å². The van der Waals surface area contributed by atoms with Gasteiger partial charge in [-0.15, -0.1) is 0 Å². The topological polar surface area (TPSA) is 56.1 Å². The quantitative estimate of drug-likeness (QED) is 0.655. The average Bonchev–Trinajstić information content (AvgIpc) is 2.69. The highest BCUT2D eigenvalue weighted by atomic mass is 79.9. The molecule has 1 aliphatic heterocycles. The molecular weight excluding hydrogens is 398 g/mol. The molecule has 3 aromatic rings. The minimum absolute atomic E-state index is 0.221. The molecule has 0 N–H and O–H groups in total. The fourth-order valence-corrected chi connectivity index (χ4v) is 3.47. The van der Waals surface area contributed by atoms with Crippen LogP contribution in [-0.4, -0.2) is 35.7 Å². The maximum atomic E-state index is 12.9. The molecule has 3 heterocycles. The van der Waals surface area contributed by atoms with Crippen LogP contribution in [0, 0.1) is 0 Å². The van der Waals surface area contributed by atoms with Crippen molar-refractivity contribution in [2.45, 2.75) is 6.61 Å². The molecule has 26 heavy (non-hydrogen) atoms. The van der Waals surface area contributed by atoms with Crippen LogP contribution in [0.3, 0.4) is 0 Å². The predicted molar refractivity (Wildman–Crippen MR) is 103 cm³/mol. The smallest absolute Gasteiger partial charge is 0.300 e. The number of pyridine rings is 1. The Morgan fingerprint density at radius 1 is 1.19 bits per heavy atom. The lowest BCUT2D eigenvalue weighted by molar-refractivity contribution is 0.122. The third-order valence-corrected chi connectivity index (χ3v) is 4.91. The van der Waals surface area contributed by atoms with Crippen LogP contribution in [-0.2, 0) is 11.3 Å². The van der Waals surface area contributed by atoms with E-state index in [2.05, 4.69) is 25.8 Å². The second kappa shape index (κ2) is 7.47. The van der Waals surface area contributed by atoms with Crippen LogP contribution in [0.5, 0.6) is 5.75 Å². The van der Waals surface area contributed by atoms with E-state index in [1.165, 1.54) is 10.6 Å². The van der Waals surface area contributed by atoms with Gasteiger partial charge in [-0.2, -0.15) is 0 Å². The molecule has 1 aromatic carbocycles. The van der Waals surface area contributed by atoms with Gasteiger partial charge in [0.15, 0.2) is 5.65 Å². The second-order valence-corrected chi connectivity index (χ2v) is 6.90. The molecule has 0 aliphatic carbocycles. The first-order chi connectivity index (χ1) is 12.7. The van der Waals surface area contributed by atoms with E-state index >= 15 is 0 Å². The first-order valence-corrected chi connectivity index (χ1v) is 9.22. The van der Waals surface area contributed by atoms with Crippen LogP contribution in [0.15, 0.2) is 58.1 Å². The number of benzene rings is 1. The van der Waals surface area contributed by atoms with Gasteiger partial charge in [0.05, 0.1) is 29.6 Å². The average molecular weight is 416 g/mol. The summed E-state index contributed by atoms with van der Waals surface area (Å²) in [5, 5.41) is 0. The SMILES string of the molecule is O=c1c(OCc2ccccc2)cnc2c(Br)cc(N3CCOCC3)cn12. The van der Waals surface area contributed by atoms with Crippen LogP contribution in [0.25, 0.3) is 5.65 Å². The third-order valence-electron chi connectivity index (χ3n) is 4.32. The van der Waals surface area contributed by atoms with Crippen molar-refractivity contribution in [1.29, 1.82) is 0 Å². The molecule has 0 amide bonds. The van der Waals surface area contributed by atoms with Crippen LogP contribution >= 0.6 is 15.9 Å². The molecule has 134 valence electrons.